The SMILES string of the molecule is Nc1c(Nc2cccc(Cl)c2Cl)ncnc1NC1CCCCC1. The molecule has 5 nitrogen and oxygen atoms in total. The van der Waals surface area contributed by atoms with Crippen LogP contribution in [0.4, 0.5) is 23.0 Å². The van der Waals surface area contributed by atoms with Gasteiger partial charge in [0, 0.05) is 6.04 Å². The number of nitrogens with zero attached hydrogens (tertiary/aromatic N) is 2. The standard InChI is InChI=1S/C16H19Cl2N5/c17-11-7-4-8-12(13(11)18)23-16-14(19)15(20-9-21-16)22-10-5-2-1-3-6-10/h4,7-10H,1-3,5-6,19H2,(H2,20,21,22,23). The summed E-state index contributed by atoms with van der Waals surface area (Å²) in [6, 6.07) is 5.79. The Morgan fingerprint density at radius 3 is 2.57 bits per heavy atom. The van der Waals surface area contributed by atoms with Crippen LogP contribution in [0.3, 0.4) is 0 Å². The van der Waals surface area contributed by atoms with Gasteiger partial charge in [-0.3, -0.25) is 0 Å². The smallest absolute Gasteiger partial charge is 0.159 e. The van der Waals surface area contributed by atoms with Gasteiger partial charge in [-0.1, -0.05) is 48.5 Å². The van der Waals surface area contributed by atoms with Crippen LogP contribution in [0.25, 0.3) is 0 Å². The number of aromatic nitrogens is 2. The number of benzene rings is 1. The highest BCUT2D eigenvalue weighted by atomic mass is 35.5. The molecule has 2 aromatic rings. The summed E-state index contributed by atoms with van der Waals surface area (Å²) in [5, 5.41) is 7.47. The number of nitrogens with one attached hydrogen (secondary N) is 2. The average molecular weight is 352 g/mol. The number of anilines is 4. The second-order valence-corrected chi connectivity index (χ2v) is 6.48. The van der Waals surface area contributed by atoms with Gasteiger partial charge in [0.15, 0.2) is 11.6 Å². The Labute approximate surface area is 145 Å². The molecule has 1 heterocycles. The van der Waals surface area contributed by atoms with Gasteiger partial charge in [-0.2, -0.15) is 0 Å². The third kappa shape index (κ3) is 3.79. The highest BCUT2D eigenvalue weighted by molar-refractivity contribution is 6.43. The fourth-order valence-electron chi connectivity index (χ4n) is 2.78. The molecule has 0 unspecified atom stereocenters. The predicted molar refractivity (Wildman–Crippen MR) is 96.7 cm³/mol. The van der Waals surface area contributed by atoms with Crippen LogP contribution in [-0.4, -0.2) is 16.0 Å². The summed E-state index contributed by atoms with van der Waals surface area (Å²) in [7, 11) is 0. The largest absolute Gasteiger partial charge is 0.393 e. The van der Waals surface area contributed by atoms with E-state index in [0.29, 0.717) is 39.1 Å². The normalized spacial score (nSPS) is 15.4. The Morgan fingerprint density at radius 1 is 1.04 bits per heavy atom. The lowest BCUT2D eigenvalue weighted by molar-refractivity contribution is 0.462. The number of hydrogen-bond acceptors (Lipinski definition) is 5. The van der Waals surface area contributed by atoms with Gasteiger partial charge in [0.2, 0.25) is 0 Å². The van der Waals surface area contributed by atoms with E-state index in [0.717, 1.165) is 12.8 Å². The number of nitrogen functional groups attached to an aromatic ring is 1. The van der Waals surface area contributed by atoms with Gasteiger partial charge in [-0.15, -0.1) is 0 Å². The molecule has 0 amide bonds. The van der Waals surface area contributed by atoms with Crippen LogP contribution >= 0.6 is 23.2 Å². The molecule has 122 valence electrons. The second kappa shape index (κ2) is 7.23. The lowest BCUT2D eigenvalue weighted by atomic mass is 9.95. The summed E-state index contributed by atoms with van der Waals surface area (Å²) < 4.78 is 0. The van der Waals surface area contributed by atoms with E-state index in [4.69, 9.17) is 28.9 Å². The Bertz CT molecular complexity index is 686. The molecule has 4 N–H and O–H groups in total. The van der Waals surface area contributed by atoms with Crippen molar-refractivity contribution in [2.24, 2.45) is 0 Å². The lowest BCUT2D eigenvalue weighted by Crippen LogP contribution is -2.23. The summed E-state index contributed by atoms with van der Waals surface area (Å²) in [4.78, 5) is 8.48. The van der Waals surface area contributed by atoms with Crippen molar-refractivity contribution in [1.29, 1.82) is 0 Å². The number of nitrogens with two attached hydrogens (primary N) is 1. The molecule has 1 aliphatic carbocycles. The number of halogens is 2. The zero-order chi connectivity index (χ0) is 16.2. The van der Waals surface area contributed by atoms with Gasteiger partial charge in [0.1, 0.15) is 12.0 Å². The van der Waals surface area contributed by atoms with Crippen molar-refractivity contribution in [3.8, 4) is 0 Å². The van der Waals surface area contributed by atoms with E-state index in [2.05, 4.69) is 20.6 Å². The van der Waals surface area contributed by atoms with Gasteiger partial charge in [0.05, 0.1) is 15.7 Å². The third-order valence-corrected chi connectivity index (χ3v) is 4.85. The first kappa shape index (κ1) is 16.1. The maximum Gasteiger partial charge on any atom is 0.159 e. The lowest BCUT2D eigenvalue weighted by Gasteiger charge is -2.24. The minimum Gasteiger partial charge on any atom is -0.393 e. The molecule has 0 aliphatic heterocycles. The summed E-state index contributed by atoms with van der Waals surface area (Å²) in [6.45, 7) is 0. The quantitative estimate of drug-likeness (QED) is 0.733. The van der Waals surface area contributed by atoms with Crippen molar-refractivity contribution < 1.29 is 0 Å². The summed E-state index contributed by atoms with van der Waals surface area (Å²) in [5.74, 6) is 1.18. The van der Waals surface area contributed by atoms with Gasteiger partial charge in [-0.05, 0) is 25.0 Å². The van der Waals surface area contributed by atoms with E-state index in [1.807, 2.05) is 12.1 Å². The molecule has 0 saturated heterocycles. The third-order valence-electron chi connectivity index (χ3n) is 4.03. The molecular weight excluding hydrogens is 333 g/mol. The zero-order valence-electron chi connectivity index (χ0n) is 12.6. The molecule has 1 aliphatic rings. The summed E-state index contributed by atoms with van der Waals surface area (Å²) in [5.41, 5.74) is 7.35. The molecule has 0 atom stereocenters. The van der Waals surface area contributed by atoms with E-state index in [9.17, 15) is 0 Å². The Morgan fingerprint density at radius 2 is 1.78 bits per heavy atom. The number of hydrogen-bond donors (Lipinski definition) is 3. The second-order valence-electron chi connectivity index (χ2n) is 5.69. The van der Waals surface area contributed by atoms with Gasteiger partial charge >= 0.3 is 0 Å². The van der Waals surface area contributed by atoms with Crippen molar-refractivity contribution in [2.45, 2.75) is 38.1 Å². The van der Waals surface area contributed by atoms with Gasteiger partial charge < -0.3 is 16.4 Å². The van der Waals surface area contributed by atoms with Gasteiger partial charge in [-0.25, -0.2) is 9.97 Å². The van der Waals surface area contributed by atoms with Crippen LogP contribution in [0.15, 0.2) is 24.5 Å². The summed E-state index contributed by atoms with van der Waals surface area (Å²) in [6.07, 6.45) is 7.57. The average Bonchev–Trinajstić information content (AvgIpc) is 2.56. The van der Waals surface area contributed by atoms with Crippen LogP contribution < -0.4 is 16.4 Å². The minimum absolute atomic E-state index is 0.420. The van der Waals surface area contributed by atoms with Crippen LogP contribution in [0.5, 0.6) is 0 Å². The topological polar surface area (TPSA) is 75.9 Å². The highest BCUT2D eigenvalue weighted by Gasteiger charge is 2.17. The zero-order valence-corrected chi connectivity index (χ0v) is 14.2. The molecule has 0 radical (unpaired) electrons. The Hall–Kier alpha value is -1.72. The molecule has 3 rings (SSSR count). The van der Waals surface area contributed by atoms with Crippen molar-refractivity contribution in [3.63, 3.8) is 0 Å². The molecule has 1 saturated carbocycles. The first-order chi connectivity index (χ1) is 11.1. The highest BCUT2D eigenvalue weighted by Crippen LogP contribution is 2.34. The Kier molecular flexibility index (Phi) is 5.08. The molecule has 23 heavy (non-hydrogen) atoms. The molecule has 7 heteroatoms. The molecular formula is C16H19Cl2N5. The van der Waals surface area contributed by atoms with E-state index < -0.39 is 0 Å². The maximum atomic E-state index is 6.21. The van der Waals surface area contributed by atoms with E-state index in [1.54, 1.807) is 6.07 Å². The first-order valence-corrected chi connectivity index (χ1v) is 8.49. The fourth-order valence-corrected chi connectivity index (χ4v) is 3.13. The van der Waals surface area contributed by atoms with Crippen molar-refractivity contribution in [2.75, 3.05) is 16.4 Å². The van der Waals surface area contributed by atoms with Crippen LogP contribution in [0, 0.1) is 0 Å². The predicted octanol–water partition coefficient (Wildman–Crippen LogP) is 4.85. The van der Waals surface area contributed by atoms with E-state index in [-0.39, 0.29) is 0 Å². The molecule has 1 fully saturated rings. The monoisotopic (exact) mass is 351 g/mol. The number of rotatable bonds is 4. The first-order valence-electron chi connectivity index (χ1n) is 7.73. The van der Waals surface area contributed by atoms with Crippen molar-refractivity contribution in [3.05, 3.63) is 34.6 Å². The van der Waals surface area contributed by atoms with Crippen LogP contribution in [0.2, 0.25) is 10.0 Å². The fraction of sp³-hybridized carbons (Fsp3) is 0.375. The molecule has 1 aromatic carbocycles. The van der Waals surface area contributed by atoms with Gasteiger partial charge in [0.25, 0.3) is 0 Å². The Balaban J connectivity index is 1.80. The van der Waals surface area contributed by atoms with E-state index >= 15 is 0 Å². The molecule has 0 spiro atoms. The van der Waals surface area contributed by atoms with E-state index in [1.165, 1.54) is 25.6 Å². The van der Waals surface area contributed by atoms with Crippen LogP contribution in [-0.2, 0) is 0 Å². The maximum absolute atomic E-state index is 6.21. The minimum atomic E-state index is 0.420. The summed E-state index contributed by atoms with van der Waals surface area (Å²) >= 11 is 12.2. The molecule has 1 aromatic heterocycles. The van der Waals surface area contributed by atoms with Crippen molar-refractivity contribution >= 4 is 46.2 Å². The van der Waals surface area contributed by atoms with Crippen LogP contribution in [0.1, 0.15) is 32.1 Å². The molecule has 0 bridgehead atoms. The van der Waals surface area contributed by atoms with Crippen molar-refractivity contribution in [1.82, 2.24) is 9.97 Å².